The highest BCUT2D eigenvalue weighted by Crippen LogP contribution is 2.21. The van der Waals surface area contributed by atoms with Crippen molar-refractivity contribution in [3.63, 3.8) is 0 Å². The zero-order valence-corrected chi connectivity index (χ0v) is 14.9. The molecular weight excluding hydrogens is 366 g/mol. The summed E-state index contributed by atoms with van der Waals surface area (Å²) in [5, 5.41) is 11.6. The molecule has 0 spiro atoms. The standard InChI is InChI=1S/C18H15N5O3S/c1-2-9-19-18(26)23(27)15-8-7-13-16(22-15)21-14(10-20-13)11-3-5-12(6-4-11)17(24)25/h2-8,10,27H,1,9H2,(H,19,26)(H,24,25). The number of nitrogens with one attached hydrogen (secondary N) is 1. The molecule has 2 aromatic heterocycles. The number of hydrogen-bond donors (Lipinski definition) is 3. The van der Waals surface area contributed by atoms with Crippen LogP contribution in [0.1, 0.15) is 10.4 Å². The Bertz CT molecular complexity index is 1020. The highest BCUT2D eigenvalue weighted by atomic mass is 32.1. The van der Waals surface area contributed by atoms with Gasteiger partial charge in [0.1, 0.15) is 11.3 Å². The van der Waals surface area contributed by atoms with E-state index in [4.69, 9.17) is 5.11 Å². The molecule has 0 unspecified atom stereocenters. The lowest BCUT2D eigenvalue weighted by Gasteiger charge is -2.15. The molecule has 3 rings (SSSR count). The monoisotopic (exact) mass is 381 g/mol. The number of nitrogens with zero attached hydrogens (tertiary/aromatic N) is 4. The van der Waals surface area contributed by atoms with Gasteiger partial charge in [0.2, 0.25) is 0 Å². The molecule has 0 saturated carbocycles. The Hall–Kier alpha value is -3.46. The van der Waals surface area contributed by atoms with Crippen LogP contribution in [-0.4, -0.2) is 38.6 Å². The lowest BCUT2D eigenvalue weighted by Crippen LogP contribution is -2.34. The number of hydrogen-bond acceptors (Lipinski definition) is 6. The molecule has 136 valence electrons. The number of carboxylic acid groups (broad SMARTS) is 1. The first-order valence-corrected chi connectivity index (χ1v) is 8.25. The fourth-order valence-electron chi connectivity index (χ4n) is 2.27. The Morgan fingerprint density at radius 1 is 1.19 bits per heavy atom. The van der Waals surface area contributed by atoms with Crippen LogP contribution >= 0.6 is 12.8 Å². The maximum absolute atomic E-state index is 12.0. The third kappa shape index (κ3) is 4.04. The SMILES string of the molecule is C=CCNC(=O)N(S)c1ccc2ncc(-c3ccc(C(=O)O)cc3)nc2n1. The van der Waals surface area contributed by atoms with E-state index in [9.17, 15) is 9.59 Å². The normalized spacial score (nSPS) is 10.4. The summed E-state index contributed by atoms with van der Waals surface area (Å²) in [6.45, 7) is 3.84. The molecule has 3 aromatic rings. The van der Waals surface area contributed by atoms with Gasteiger partial charge in [0.15, 0.2) is 5.65 Å². The Balaban J connectivity index is 1.92. The van der Waals surface area contributed by atoms with Crippen molar-refractivity contribution >= 4 is 41.8 Å². The van der Waals surface area contributed by atoms with E-state index in [-0.39, 0.29) is 5.56 Å². The van der Waals surface area contributed by atoms with Gasteiger partial charge in [0, 0.05) is 12.1 Å². The van der Waals surface area contributed by atoms with E-state index in [1.807, 2.05) is 0 Å². The van der Waals surface area contributed by atoms with Crippen molar-refractivity contribution in [3.8, 4) is 11.3 Å². The lowest BCUT2D eigenvalue weighted by atomic mass is 10.1. The summed E-state index contributed by atoms with van der Waals surface area (Å²) in [6.07, 6.45) is 3.13. The van der Waals surface area contributed by atoms with Crippen LogP contribution in [0, 0.1) is 0 Å². The number of amides is 2. The Kier molecular flexibility index (Phi) is 5.32. The van der Waals surface area contributed by atoms with E-state index in [0.29, 0.717) is 34.8 Å². The second-order valence-corrected chi connectivity index (χ2v) is 5.84. The molecule has 27 heavy (non-hydrogen) atoms. The molecular formula is C18H15N5O3S. The van der Waals surface area contributed by atoms with Crippen molar-refractivity contribution in [3.05, 3.63) is 60.8 Å². The Labute approximate surface area is 160 Å². The third-order valence-corrected chi connectivity index (χ3v) is 4.01. The molecule has 2 amide bonds. The van der Waals surface area contributed by atoms with Gasteiger partial charge in [0.25, 0.3) is 0 Å². The molecule has 0 radical (unpaired) electrons. The molecule has 0 atom stereocenters. The van der Waals surface area contributed by atoms with Crippen LogP contribution in [0.25, 0.3) is 22.4 Å². The van der Waals surface area contributed by atoms with Crippen LogP contribution in [-0.2, 0) is 0 Å². The number of benzene rings is 1. The highest BCUT2D eigenvalue weighted by molar-refractivity contribution is 7.82. The first-order valence-electron chi connectivity index (χ1n) is 7.85. The molecule has 2 N–H and O–H groups in total. The minimum absolute atomic E-state index is 0.184. The third-order valence-electron chi connectivity index (χ3n) is 3.63. The zero-order valence-electron chi connectivity index (χ0n) is 14.0. The second-order valence-electron chi connectivity index (χ2n) is 5.44. The van der Waals surface area contributed by atoms with Crippen LogP contribution in [0.2, 0.25) is 0 Å². The number of anilines is 1. The van der Waals surface area contributed by atoms with Gasteiger partial charge in [-0.1, -0.05) is 31.0 Å². The number of pyridine rings is 1. The fraction of sp³-hybridized carbons (Fsp3) is 0.0556. The number of fused-ring (bicyclic) bond motifs is 1. The number of carbonyl (C=O) groups is 2. The number of thiol groups is 1. The van der Waals surface area contributed by atoms with Gasteiger partial charge in [0.05, 0.1) is 17.5 Å². The summed E-state index contributed by atoms with van der Waals surface area (Å²) in [5.74, 6) is -0.707. The summed E-state index contributed by atoms with van der Waals surface area (Å²) < 4.78 is 1.07. The largest absolute Gasteiger partial charge is 0.478 e. The minimum atomic E-state index is -0.999. The molecule has 8 nitrogen and oxygen atoms in total. The second kappa shape index (κ2) is 7.83. The molecule has 0 aliphatic carbocycles. The van der Waals surface area contributed by atoms with E-state index in [2.05, 4.69) is 39.7 Å². The Morgan fingerprint density at radius 3 is 2.59 bits per heavy atom. The van der Waals surface area contributed by atoms with E-state index < -0.39 is 12.0 Å². The summed E-state index contributed by atoms with van der Waals surface area (Å²) in [6, 6.07) is 9.14. The van der Waals surface area contributed by atoms with Crippen molar-refractivity contribution in [2.45, 2.75) is 0 Å². The van der Waals surface area contributed by atoms with Crippen molar-refractivity contribution in [2.75, 3.05) is 10.8 Å². The minimum Gasteiger partial charge on any atom is -0.478 e. The quantitative estimate of drug-likeness (QED) is 0.463. The number of aromatic carboxylic acids is 1. The van der Waals surface area contributed by atoms with Crippen LogP contribution < -0.4 is 9.62 Å². The van der Waals surface area contributed by atoms with Crippen LogP contribution in [0.15, 0.2) is 55.3 Å². The van der Waals surface area contributed by atoms with Gasteiger partial charge < -0.3 is 10.4 Å². The topological polar surface area (TPSA) is 108 Å². The molecule has 0 aliphatic rings. The molecule has 2 heterocycles. The molecule has 0 saturated heterocycles. The summed E-state index contributed by atoms with van der Waals surface area (Å²) in [5.41, 5.74) is 2.31. The van der Waals surface area contributed by atoms with Crippen LogP contribution in [0.4, 0.5) is 10.6 Å². The van der Waals surface area contributed by atoms with Gasteiger partial charge in [-0.25, -0.2) is 23.9 Å². The first-order chi connectivity index (χ1) is 13.0. The van der Waals surface area contributed by atoms with E-state index in [1.54, 1.807) is 36.5 Å². The van der Waals surface area contributed by atoms with E-state index in [1.165, 1.54) is 12.1 Å². The lowest BCUT2D eigenvalue weighted by molar-refractivity contribution is 0.0697. The average molecular weight is 381 g/mol. The van der Waals surface area contributed by atoms with Gasteiger partial charge in [-0.05, 0) is 24.3 Å². The van der Waals surface area contributed by atoms with Gasteiger partial charge in [-0.2, -0.15) is 0 Å². The maximum atomic E-state index is 12.0. The molecule has 9 heteroatoms. The smallest absolute Gasteiger partial charge is 0.335 e. The summed E-state index contributed by atoms with van der Waals surface area (Å²) >= 11 is 4.16. The van der Waals surface area contributed by atoms with Crippen molar-refractivity contribution in [1.29, 1.82) is 0 Å². The fourth-order valence-corrected chi connectivity index (χ4v) is 2.45. The van der Waals surface area contributed by atoms with Gasteiger partial charge in [-0.15, -0.1) is 6.58 Å². The number of urea groups is 1. The summed E-state index contributed by atoms with van der Waals surface area (Å²) in [7, 11) is 0. The predicted octanol–water partition coefficient (Wildman–Crippen LogP) is 2.94. The molecule has 0 fully saturated rings. The average Bonchev–Trinajstić information content (AvgIpc) is 2.70. The van der Waals surface area contributed by atoms with Crippen molar-refractivity contribution < 1.29 is 14.7 Å². The van der Waals surface area contributed by atoms with Crippen LogP contribution in [0.5, 0.6) is 0 Å². The van der Waals surface area contributed by atoms with Crippen molar-refractivity contribution in [1.82, 2.24) is 20.3 Å². The van der Waals surface area contributed by atoms with E-state index >= 15 is 0 Å². The maximum Gasteiger partial charge on any atom is 0.335 e. The van der Waals surface area contributed by atoms with Gasteiger partial charge >= 0.3 is 12.0 Å². The van der Waals surface area contributed by atoms with Crippen molar-refractivity contribution in [2.24, 2.45) is 0 Å². The molecule has 0 bridgehead atoms. The number of carbonyl (C=O) groups excluding carboxylic acids is 1. The Morgan fingerprint density at radius 2 is 1.93 bits per heavy atom. The highest BCUT2D eigenvalue weighted by Gasteiger charge is 2.14. The number of rotatable bonds is 5. The number of aromatic nitrogens is 3. The summed E-state index contributed by atoms with van der Waals surface area (Å²) in [4.78, 5) is 36.0. The molecule has 1 aromatic carbocycles. The van der Waals surface area contributed by atoms with E-state index in [0.717, 1.165) is 4.31 Å². The zero-order chi connectivity index (χ0) is 19.4. The van der Waals surface area contributed by atoms with Crippen LogP contribution in [0.3, 0.4) is 0 Å². The number of carboxylic acids is 1. The molecule has 0 aliphatic heterocycles. The van der Waals surface area contributed by atoms with Gasteiger partial charge in [-0.3, -0.25) is 4.98 Å². The predicted molar refractivity (Wildman–Crippen MR) is 105 cm³/mol. The first kappa shape index (κ1) is 18.3.